The highest BCUT2D eigenvalue weighted by atomic mass is 16.1. The summed E-state index contributed by atoms with van der Waals surface area (Å²) < 4.78 is 0. The largest absolute Gasteiger partial charge is 0.321 e. The van der Waals surface area contributed by atoms with Gasteiger partial charge >= 0.3 is 0 Å². The molecule has 3 aromatic rings. The van der Waals surface area contributed by atoms with Crippen LogP contribution < -0.4 is 5.56 Å². The van der Waals surface area contributed by atoms with Crippen LogP contribution in [0.3, 0.4) is 0 Å². The van der Waals surface area contributed by atoms with Crippen LogP contribution in [0.4, 0.5) is 5.69 Å². The Hall–Kier alpha value is -2.68. The molecule has 0 atom stereocenters. The molecule has 0 amide bonds. The van der Waals surface area contributed by atoms with Crippen LogP contribution in [0.15, 0.2) is 52.3 Å². The third kappa shape index (κ3) is 2.84. The average molecular weight is 290 g/mol. The lowest BCUT2D eigenvalue weighted by Crippen LogP contribution is -2.11. The molecule has 110 valence electrons. The number of pyridine rings is 1. The fourth-order valence-electron chi connectivity index (χ4n) is 2.39. The van der Waals surface area contributed by atoms with E-state index in [0.717, 1.165) is 22.2 Å². The van der Waals surface area contributed by atoms with Crippen LogP contribution in [0, 0.1) is 20.8 Å². The normalized spacial score (nSPS) is 11.4. The zero-order valence-corrected chi connectivity index (χ0v) is 13.0. The van der Waals surface area contributed by atoms with Crippen LogP contribution in [0.25, 0.3) is 10.9 Å². The van der Waals surface area contributed by atoms with Crippen molar-refractivity contribution in [3.63, 3.8) is 0 Å². The predicted octanol–water partition coefficient (Wildman–Crippen LogP) is 4.20. The first kappa shape index (κ1) is 14.3. The summed E-state index contributed by atoms with van der Waals surface area (Å²) in [6.07, 6.45) is 1.63. The number of aliphatic imine (C=N–C) groups is 1. The summed E-state index contributed by atoms with van der Waals surface area (Å²) in [6, 6.07) is 13.9. The number of hydrogen-bond acceptors (Lipinski definition) is 2. The lowest BCUT2D eigenvalue weighted by Gasteiger charge is -2.02. The van der Waals surface area contributed by atoms with Gasteiger partial charge in [0.25, 0.3) is 5.56 Å². The van der Waals surface area contributed by atoms with Crippen molar-refractivity contribution < 1.29 is 0 Å². The number of nitrogens with one attached hydrogen (secondary N) is 1. The Balaban J connectivity index is 2.02. The van der Waals surface area contributed by atoms with Gasteiger partial charge in [-0.05, 0) is 67.6 Å². The van der Waals surface area contributed by atoms with Crippen molar-refractivity contribution >= 4 is 22.8 Å². The quantitative estimate of drug-likeness (QED) is 0.706. The maximum atomic E-state index is 12.1. The minimum atomic E-state index is -0.121. The molecule has 22 heavy (non-hydrogen) atoms. The molecule has 0 aliphatic rings. The number of rotatable bonds is 2. The lowest BCUT2D eigenvalue weighted by molar-refractivity contribution is 1.29. The first-order chi connectivity index (χ1) is 10.5. The Labute approximate surface area is 129 Å². The topological polar surface area (TPSA) is 45.2 Å². The minimum Gasteiger partial charge on any atom is -0.321 e. The van der Waals surface area contributed by atoms with Gasteiger partial charge in [0.1, 0.15) is 0 Å². The third-order valence-electron chi connectivity index (χ3n) is 3.87. The van der Waals surface area contributed by atoms with Crippen LogP contribution in [0.2, 0.25) is 0 Å². The first-order valence-corrected chi connectivity index (χ1v) is 7.28. The van der Waals surface area contributed by atoms with Crippen molar-refractivity contribution in [2.24, 2.45) is 4.99 Å². The van der Waals surface area contributed by atoms with Crippen molar-refractivity contribution in [2.45, 2.75) is 20.8 Å². The zero-order valence-electron chi connectivity index (χ0n) is 13.0. The second-order valence-corrected chi connectivity index (χ2v) is 5.67. The van der Waals surface area contributed by atoms with Crippen LogP contribution in [-0.2, 0) is 0 Å². The van der Waals surface area contributed by atoms with Gasteiger partial charge in [0.15, 0.2) is 0 Å². The number of aromatic amines is 1. The molecule has 0 saturated carbocycles. The second-order valence-electron chi connectivity index (χ2n) is 5.67. The van der Waals surface area contributed by atoms with E-state index in [-0.39, 0.29) is 5.56 Å². The molecule has 3 heteroatoms. The molecule has 0 saturated heterocycles. The third-order valence-corrected chi connectivity index (χ3v) is 3.87. The van der Waals surface area contributed by atoms with Crippen LogP contribution in [0.1, 0.15) is 22.3 Å². The molecule has 2 aromatic carbocycles. The fraction of sp³-hybridized carbons (Fsp3) is 0.158. The predicted molar refractivity (Wildman–Crippen MR) is 92.5 cm³/mol. The van der Waals surface area contributed by atoms with Crippen molar-refractivity contribution in [1.29, 1.82) is 0 Å². The number of H-pyrrole nitrogens is 1. The smallest absolute Gasteiger partial charge is 0.257 e. The highest BCUT2D eigenvalue weighted by molar-refractivity contribution is 5.88. The first-order valence-electron chi connectivity index (χ1n) is 7.28. The second kappa shape index (κ2) is 5.60. The van der Waals surface area contributed by atoms with Gasteiger partial charge in [-0.3, -0.25) is 9.79 Å². The van der Waals surface area contributed by atoms with Crippen molar-refractivity contribution in [2.75, 3.05) is 0 Å². The Morgan fingerprint density at radius 3 is 2.55 bits per heavy atom. The highest BCUT2D eigenvalue weighted by Gasteiger charge is 2.01. The number of hydrogen-bond donors (Lipinski definition) is 1. The number of fused-ring (bicyclic) bond motifs is 1. The van der Waals surface area contributed by atoms with Crippen LogP contribution in [0.5, 0.6) is 0 Å². The van der Waals surface area contributed by atoms with E-state index >= 15 is 0 Å². The van der Waals surface area contributed by atoms with Gasteiger partial charge < -0.3 is 4.98 Å². The molecular formula is C19H18N2O. The molecule has 0 spiro atoms. The molecule has 1 N–H and O–H groups in total. The molecular weight excluding hydrogens is 272 g/mol. The zero-order chi connectivity index (χ0) is 15.7. The van der Waals surface area contributed by atoms with Crippen molar-refractivity contribution in [3.05, 3.63) is 75.1 Å². The van der Waals surface area contributed by atoms with Crippen LogP contribution in [-0.4, -0.2) is 11.2 Å². The summed E-state index contributed by atoms with van der Waals surface area (Å²) in [4.78, 5) is 19.4. The van der Waals surface area contributed by atoms with Gasteiger partial charge in [0, 0.05) is 11.7 Å². The van der Waals surface area contributed by atoms with Gasteiger partial charge in [-0.25, -0.2) is 0 Å². The van der Waals surface area contributed by atoms with E-state index in [1.165, 1.54) is 11.1 Å². The highest BCUT2D eigenvalue weighted by Crippen LogP contribution is 2.17. The lowest BCUT2D eigenvalue weighted by atomic mass is 10.1. The molecule has 1 heterocycles. The van der Waals surface area contributed by atoms with E-state index in [0.29, 0.717) is 5.56 Å². The molecule has 3 nitrogen and oxygen atoms in total. The van der Waals surface area contributed by atoms with Gasteiger partial charge in [-0.2, -0.15) is 0 Å². The Morgan fingerprint density at radius 2 is 1.77 bits per heavy atom. The van der Waals surface area contributed by atoms with Crippen molar-refractivity contribution in [3.8, 4) is 0 Å². The van der Waals surface area contributed by atoms with E-state index in [4.69, 9.17) is 0 Å². The number of nitrogens with zero attached hydrogens (tertiary/aromatic N) is 1. The number of aryl methyl sites for hydroxylation is 3. The van der Waals surface area contributed by atoms with Gasteiger partial charge in [-0.1, -0.05) is 17.7 Å². The van der Waals surface area contributed by atoms with Crippen LogP contribution >= 0.6 is 0 Å². The van der Waals surface area contributed by atoms with Crippen molar-refractivity contribution in [1.82, 2.24) is 4.98 Å². The van der Waals surface area contributed by atoms with E-state index in [1.807, 2.05) is 43.3 Å². The van der Waals surface area contributed by atoms with Gasteiger partial charge in [-0.15, -0.1) is 0 Å². The molecule has 0 bridgehead atoms. The summed E-state index contributed by atoms with van der Waals surface area (Å²) in [5, 5.41) is 1.01. The molecule has 0 aliphatic carbocycles. The maximum Gasteiger partial charge on any atom is 0.257 e. The van der Waals surface area contributed by atoms with E-state index in [9.17, 15) is 4.79 Å². The molecule has 3 rings (SSSR count). The summed E-state index contributed by atoms with van der Waals surface area (Å²) in [5.74, 6) is 0. The number of aromatic nitrogens is 1. The SMILES string of the molecule is Cc1ccc2[nH]c(=O)c(C=Nc3ccc(C)c(C)c3)cc2c1. The van der Waals surface area contributed by atoms with E-state index in [2.05, 4.69) is 29.9 Å². The van der Waals surface area contributed by atoms with E-state index in [1.54, 1.807) is 6.21 Å². The summed E-state index contributed by atoms with van der Waals surface area (Å²) in [5.41, 5.74) is 5.73. The Morgan fingerprint density at radius 1 is 0.955 bits per heavy atom. The van der Waals surface area contributed by atoms with Gasteiger partial charge in [0.2, 0.25) is 0 Å². The number of benzene rings is 2. The molecule has 1 aromatic heterocycles. The Kier molecular flexibility index (Phi) is 3.63. The Bertz CT molecular complexity index is 936. The fourth-order valence-corrected chi connectivity index (χ4v) is 2.39. The summed E-state index contributed by atoms with van der Waals surface area (Å²) in [6.45, 7) is 6.16. The summed E-state index contributed by atoms with van der Waals surface area (Å²) >= 11 is 0. The van der Waals surface area contributed by atoms with Gasteiger partial charge in [0.05, 0.1) is 11.3 Å². The average Bonchev–Trinajstić information content (AvgIpc) is 2.49. The summed E-state index contributed by atoms with van der Waals surface area (Å²) in [7, 11) is 0. The molecule has 0 unspecified atom stereocenters. The minimum absolute atomic E-state index is 0.121. The molecule has 0 aliphatic heterocycles. The monoisotopic (exact) mass is 290 g/mol. The molecule has 0 radical (unpaired) electrons. The van der Waals surface area contributed by atoms with E-state index < -0.39 is 0 Å². The maximum absolute atomic E-state index is 12.1. The molecule has 0 fully saturated rings. The standard InChI is InChI=1S/C19H18N2O/c1-12-4-7-18-15(8-12)10-16(19(22)21-18)11-20-17-6-5-13(2)14(3)9-17/h4-11H,1-3H3,(H,21,22).